The molecule has 4 aromatic rings. The predicted molar refractivity (Wildman–Crippen MR) is 159 cm³/mol. The zero-order valence-electron chi connectivity index (χ0n) is 22.4. The average Bonchev–Trinajstić information content (AvgIpc) is 3.42. The van der Waals surface area contributed by atoms with E-state index in [-0.39, 0.29) is 18.0 Å². The first kappa shape index (κ1) is 26.3. The minimum absolute atomic E-state index is 0.0886. The van der Waals surface area contributed by atoms with Gasteiger partial charge in [0.05, 0.1) is 31.0 Å². The van der Waals surface area contributed by atoms with Crippen molar-refractivity contribution in [1.82, 2.24) is 14.9 Å². The van der Waals surface area contributed by atoms with Gasteiger partial charge in [-0.25, -0.2) is 5.01 Å². The molecule has 3 heterocycles. The zero-order valence-corrected chi connectivity index (χ0v) is 23.2. The SMILES string of the molecule is COc1ccccc1[C@H]1CC(c2c(-c3ccccc3)c3cc(Cl)ccc3[nH]c2=O)=NN1C(=O)CN1CCCCC1. The number of hydrogen-bond donors (Lipinski definition) is 1. The number of halogens is 1. The van der Waals surface area contributed by atoms with E-state index < -0.39 is 6.04 Å². The molecule has 0 unspecified atom stereocenters. The van der Waals surface area contributed by atoms with Crippen LogP contribution in [-0.2, 0) is 4.79 Å². The Balaban J connectivity index is 1.51. The van der Waals surface area contributed by atoms with Crippen LogP contribution >= 0.6 is 11.6 Å². The Bertz CT molecular complexity index is 1640. The van der Waals surface area contributed by atoms with E-state index in [1.54, 1.807) is 18.2 Å². The number of aromatic nitrogens is 1. The summed E-state index contributed by atoms with van der Waals surface area (Å²) in [5, 5.41) is 7.86. The second kappa shape index (κ2) is 11.3. The number of fused-ring (bicyclic) bond motifs is 1. The number of carbonyl (C=O) groups is 1. The summed E-state index contributed by atoms with van der Waals surface area (Å²) >= 11 is 6.43. The molecule has 3 aromatic carbocycles. The Labute approximate surface area is 238 Å². The number of rotatable bonds is 6. The van der Waals surface area contributed by atoms with Gasteiger partial charge >= 0.3 is 0 Å². The number of methoxy groups -OCH3 is 1. The van der Waals surface area contributed by atoms with E-state index in [4.69, 9.17) is 21.4 Å². The highest BCUT2D eigenvalue weighted by Gasteiger charge is 2.37. The van der Waals surface area contributed by atoms with E-state index in [1.165, 1.54) is 6.42 Å². The Hall–Kier alpha value is -3.94. The molecule has 0 bridgehead atoms. The molecule has 40 heavy (non-hydrogen) atoms. The molecule has 204 valence electrons. The molecular formula is C32H31ClN4O3. The number of piperidine rings is 1. The molecule has 1 fully saturated rings. The van der Waals surface area contributed by atoms with Gasteiger partial charge in [-0.15, -0.1) is 0 Å². The number of carbonyl (C=O) groups excluding carboxylic acids is 1. The summed E-state index contributed by atoms with van der Waals surface area (Å²) in [6.45, 7) is 2.09. The van der Waals surface area contributed by atoms with Gasteiger partial charge in [0.25, 0.3) is 11.5 Å². The first-order valence-electron chi connectivity index (χ1n) is 13.7. The van der Waals surface area contributed by atoms with Gasteiger partial charge in [0.15, 0.2) is 0 Å². The van der Waals surface area contributed by atoms with E-state index >= 15 is 0 Å². The average molecular weight is 555 g/mol. The summed E-state index contributed by atoms with van der Waals surface area (Å²) in [6.07, 6.45) is 3.75. The van der Waals surface area contributed by atoms with Crippen molar-refractivity contribution in [2.45, 2.75) is 31.7 Å². The molecule has 8 heteroatoms. The third kappa shape index (κ3) is 5.03. The number of amides is 1. The largest absolute Gasteiger partial charge is 0.496 e. The summed E-state index contributed by atoms with van der Waals surface area (Å²) in [5.74, 6) is 0.594. The quantitative estimate of drug-likeness (QED) is 0.316. The number of hydrazone groups is 1. The van der Waals surface area contributed by atoms with Crippen LogP contribution in [0.25, 0.3) is 22.0 Å². The molecule has 1 aromatic heterocycles. The number of aromatic amines is 1. The molecule has 1 N–H and O–H groups in total. The maximum Gasteiger partial charge on any atom is 0.258 e. The fourth-order valence-corrected chi connectivity index (χ4v) is 6.07. The van der Waals surface area contributed by atoms with E-state index in [0.717, 1.165) is 48.0 Å². The molecule has 0 saturated carbocycles. The topological polar surface area (TPSA) is 78.0 Å². The summed E-state index contributed by atoms with van der Waals surface area (Å²) < 4.78 is 5.68. The molecule has 6 rings (SSSR count). The lowest BCUT2D eigenvalue weighted by atomic mass is 9.91. The lowest BCUT2D eigenvalue weighted by molar-refractivity contribution is -0.134. The van der Waals surface area contributed by atoms with Gasteiger partial charge in [-0.1, -0.05) is 66.6 Å². The van der Waals surface area contributed by atoms with Gasteiger partial charge < -0.3 is 9.72 Å². The number of nitrogens with zero attached hydrogens (tertiary/aromatic N) is 3. The van der Waals surface area contributed by atoms with Crippen molar-refractivity contribution in [1.29, 1.82) is 0 Å². The van der Waals surface area contributed by atoms with Gasteiger partial charge in [-0.2, -0.15) is 5.10 Å². The van der Waals surface area contributed by atoms with E-state index in [0.29, 0.717) is 34.0 Å². The molecule has 1 atom stereocenters. The highest BCUT2D eigenvalue weighted by molar-refractivity contribution is 6.31. The summed E-state index contributed by atoms with van der Waals surface area (Å²) in [6, 6.07) is 22.5. The molecule has 2 aliphatic rings. The molecule has 2 aliphatic heterocycles. The van der Waals surface area contributed by atoms with Crippen molar-refractivity contribution in [2.24, 2.45) is 5.10 Å². The summed E-state index contributed by atoms with van der Waals surface area (Å²) in [7, 11) is 1.63. The second-order valence-electron chi connectivity index (χ2n) is 10.3. The summed E-state index contributed by atoms with van der Waals surface area (Å²) in [4.78, 5) is 32.8. The van der Waals surface area contributed by atoms with Crippen molar-refractivity contribution in [2.75, 3.05) is 26.7 Å². The van der Waals surface area contributed by atoms with E-state index in [1.807, 2.05) is 66.7 Å². The summed E-state index contributed by atoms with van der Waals surface area (Å²) in [5.41, 5.74) is 3.94. The van der Waals surface area contributed by atoms with E-state index in [2.05, 4.69) is 9.88 Å². The number of nitrogens with one attached hydrogen (secondary N) is 1. The highest BCUT2D eigenvalue weighted by atomic mass is 35.5. The Morgan fingerprint density at radius 2 is 1.75 bits per heavy atom. The number of para-hydroxylation sites is 1. The third-order valence-electron chi connectivity index (χ3n) is 7.80. The van der Waals surface area contributed by atoms with Gasteiger partial charge in [-0.05, 0) is 55.8 Å². The standard InChI is InChI=1S/C32H31ClN4O3/c1-40-28-13-7-6-12-23(28)27-19-26(35-37(27)29(38)20-36-16-8-3-9-17-36)31-30(21-10-4-2-5-11-21)24-18-22(33)14-15-25(24)34-32(31)39/h2,4-7,10-15,18,27H,3,8-9,16-17,19-20H2,1H3,(H,34,39)/t27-/m1/s1. The predicted octanol–water partition coefficient (Wildman–Crippen LogP) is 6.02. The van der Waals surface area contributed by atoms with Crippen LogP contribution in [0.1, 0.15) is 42.9 Å². The Morgan fingerprint density at radius 1 is 1.00 bits per heavy atom. The number of H-pyrrole nitrogens is 1. The van der Waals surface area contributed by atoms with Gasteiger partial charge in [-0.3, -0.25) is 14.5 Å². The molecule has 0 radical (unpaired) electrons. The van der Waals surface area contributed by atoms with Crippen LogP contribution in [0, 0.1) is 0 Å². The van der Waals surface area contributed by atoms with E-state index in [9.17, 15) is 9.59 Å². The number of benzene rings is 3. The molecule has 7 nitrogen and oxygen atoms in total. The first-order valence-corrected chi connectivity index (χ1v) is 14.1. The molecule has 1 saturated heterocycles. The Morgan fingerprint density at radius 3 is 2.52 bits per heavy atom. The van der Waals surface area contributed by atoms with Gasteiger partial charge in [0.1, 0.15) is 5.75 Å². The normalized spacial score (nSPS) is 17.7. The van der Waals surface area contributed by atoms with Crippen LogP contribution in [-0.4, -0.2) is 53.3 Å². The fourth-order valence-electron chi connectivity index (χ4n) is 5.90. The zero-order chi connectivity index (χ0) is 27.6. The molecule has 0 spiro atoms. The second-order valence-corrected chi connectivity index (χ2v) is 10.8. The van der Waals surface area contributed by atoms with Crippen molar-refractivity contribution in [3.8, 4) is 16.9 Å². The van der Waals surface area contributed by atoms with Crippen LogP contribution in [0.15, 0.2) is 82.7 Å². The van der Waals surface area contributed by atoms with Crippen molar-refractivity contribution in [3.05, 3.63) is 99.3 Å². The minimum atomic E-state index is -0.401. The third-order valence-corrected chi connectivity index (χ3v) is 8.03. The van der Waals surface area contributed by atoms with Crippen LogP contribution in [0.5, 0.6) is 5.75 Å². The first-order chi connectivity index (χ1) is 19.5. The highest BCUT2D eigenvalue weighted by Crippen LogP contribution is 2.40. The smallest absolute Gasteiger partial charge is 0.258 e. The van der Waals surface area contributed by atoms with Crippen LogP contribution < -0.4 is 10.3 Å². The van der Waals surface area contributed by atoms with Crippen molar-refractivity contribution in [3.63, 3.8) is 0 Å². The fraction of sp³-hybridized carbons (Fsp3) is 0.281. The van der Waals surface area contributed by atoms with Crippen molar-refractivity contribution < 1.29 is 9.53 Å². The van der Waals surface area contributed by atoms with Crippen LogP contribution in [0.3, 0.4) is 0 Å². The number of pyridine rings is 1. The minimum Gasteiger partial charge on any atom is -0.496 e. The van der Waals surface area contributed by atoms with Crippen molar-refractivity contribution >= 4 is 34.1 Å². The van der Waals surface area contributed by atoms with Crippen LogP contribution in [0.2, 0.25) is 5.02 Å². The molecular weight excluding hydrogens is 524 g/mol. The van der Waals surface area contributed by atoms with Gasteiger partial charge in [0.2, 0.25) is 0 Å². The molecule has 0 aliphatic carbocycles. The maximum absolute atomic E-state index is 13.8. The number of likely N-dealkylation sites (tertiary alicyclic amines) is 1. The van der Waals surface area contributed by atoms with Gasteiger partial charge in [0, 0.05) is 33.5 Å². The maximum atomic E-state index is 13.8. The number of hydrogen-bond acceptors (Lipinski definition) is 5. The number of ether oxygens (including phenoxy) is 1. The van der Waals surface area contributed by atoms with Crippen LogP contribution in [0.4, 0.5) is 0 Å². The Kier molecular flexibility index (Phi) is 7.41. The monoisotopic (exact) mass is 554 g/mol. The lowest BCUT2D eigenvalue weighted by Crippen LogP contribution is -2.40. The lowest BCUT2D eigenvalue weighted by Gasteiger charge is -2.29. The molecule has 1 amide bonds.